The van der Waals surface area contributed by atoms with Crippen LogP contribution in [0.5, 0.6) is 0 Å². The zero-order valence-corrected chi connectivity index (χ0v) is 7.22. The molecule has 1 fully saturated rings. The van der Waals surface area contributed by atoms with Crippen LogP contribution in [0.15, 0.2) is 0 Å². The number of carbonyl (C=O) groups excluding carboxylic acids is 1. The molecule has 1 rings (SSSR count). The van der Waals surface area contributed by atoms with Gasteiger partial charge in [0.2, 0.25) is 5.91 Å². The molecule has 3 nitrogen and oxygen atoms in total. The largest absolute Gasteiger partial charge is 0.390 e. The number of alkyl halides is 2. The smallest absolute Gasteiger partial charge is 0.287 e. The Morgan fingerprint density at radius 1 is 1.54 bits per heavy atom. The van der Waals surface area contributed by atoms with Gasteiger partial charge in [-0.2, -0.15) is 0 Å². The highest BCUT2D eigenvalue weighted by Gasteiger charge is 2.31. The maximum absolute atomic E-state index is 12.4. The highest BCUT2D eigenvalue weighted by Crippen LogP contribution is 2.26. The van der Waals surface area contributed by atoms with Crippen molar-refractivity contribution < 1.29 is 18.7 Å². The number of aliphatic hydroxyl groups is 1. The molecular formula is C8H13F2NO2. The SMILES string of the molecule is O=C(NCC(F)(F)CO)C1CCC1. The van der Waals surface area contributed by atoms with Gasteiger partial charge in [0.05, 0.1) is 6.54 Å². The summed E-state index contributed by atoms with van der Waals surface area (Å²) in [5.74, 6) is -3.60. The number of hydrogen-bond acceptors (Lipinski definition) is 2. The Bertz CT molecular complexity index is 193. The first-order chi connectivity index (χ1) is 6.05. The van der Waals surface area contributed by atoms with Crippen LogP contribution in [0, 0.1) is 5.92 Å². The minimum absolute atomic E-state index is 0.0884. The van der Waals surface area contributed by atoms with Gasteiger partial charge in [-0.05, 0) is 12.8 Å². The van der Waals surface area contributed by atoms with Gasteiger partial charge in [0.1, 0.15) is 6.61 Å². The fourth-order valence-electron chi connectivity index (χ4n) is 1.09. The summed E-state index contributed by atoms with van der Waals surface area (Å²) in [5.41, 5.74) is 0. The second kappa shape index (κ2) is 4.00. The van der Waals surface area contributed by atoms with Crippen molar-refractivity contribution >= 4 is 5.91 Å². The van der Waals surface area contributed by atoms with Crippen LogP contribution >= 0.6 is 0 Å². The standard InChI is InChI=1S/C8H13F2NO2/c9-8(10,5-12)4-11-7(13)6-2-1-3-6/h6,12H,1-5H2,(H,11,13). The van der Waals surface area contributed by atoms with Crippen LogP contribution in [-0.2, 0) is 4.79 Å². The Morgan fingerprint density at radius 2 is 2.15 bits per heavy atom. The molecule has 13 heavy (non-hydrogen) atoms. The van der Waals surface area contributed by atoms with Gasteiger partial charge < -0.3 is 10.4 Å². The van der Waals surface area contributed by atoms with Gasteiger partial charge in [-0.1, -0.05) is 6.42 Å². The van der Waals surface area contributed by atoms with E-state index in [0.29, 0.717) is 0 Å². The minimum Gasteiger partial charge on any atom is -0.390 e. The Hall–Kier alpha value is -0.710. The summed E-state index contributed by atoms with van der Waals surface area (Å²) < 4.78 is 24.9. The van der Waals surface area contributed by atoms with Crippen molar-refractivity contribution in [2.24, 2.45) is 5.92 Å². The maximum Gasteiger partial charge on any atom is 0.287 e. The molecule has 1 saturated carbocycles. The first kappa shape index (κ1) is 10.4. The molecule has 0 saturated heterocycles. The van der Waals surface area contributed by atoms with Crippen molar-refractivity contribution in [3.63, 3.8) is 0 Å². The number of halogens is 2. The summed E-state index contributed by atoms with van der Waals surface area (Å²) >= 11 is 0. The molecule has 0 aromatic heterocycles. The summed E-state index contributed by atoms with van der Waals surface area (Å²) in [4.78, 5) is 11.1. The summed E-state index contributed by atoms with van der Waals surface area (Å²) in [6.07, 6.45) is 2.57. The van der Waals surface area contributed by atoms with Crippen molar-refractivity contribution in [1.82, 2.24) is 5.32 Å². The van der Waals surface area contributed by atoms with Crippen molar-refractivity contribution in [2.45, 2.75) is 25.2 Å². The topological polar surface area (TPSA) is 49.3 Å². The number of amides is 1. The quantitative estimate of drug-likeness (QED) is 0.684. The van der Waals surface area contributed by atoms with E-state index < -0.39 is 19.1 Å². The third kappa shape index (κ3) is 2.91. The number of nitrogens with one attached hydrogen (secondary N) is 1. The number of hydrogen-bond donors (Lipinski definition) is 2. The summed E-state index contributed by atoms with van der Waals surface area (Å²) in [5, 5.41) is 10.3. The highest BCUT2D eigenvalue weighted by molar-refractivity contribution is 5.79. The van der Waals surface area contributed by atoms with Crippen LogP contribution in [0.25, 0.3) is 0 Å². The first-order valence-electron chi connectivity index (χ1n) is 4.31. The molecular weight excluding hydrogens is 180 g/mol. The number of carbonyl (C=O) groups is 1. The molecule has 76 valence electrons. The molecule has 0 aromatic rings. The van der Waals surface area contributed by atoms with Crippen LogP contribution in [0.4, 0.5) is 8.78 Å². The lowest BCUT2D eigenvalue weighted by atomic mass is 9.85. The summed E-state index contributed by atoms with van der Waals surface area (Å²) in [7, 11) is 0. The number of aliphatic hydroxyl groups excluding tert-OH is 1. The predicted octanol–water partition coefficient (Wildman–Crippen LogP) is 0.530. The highest BCUT2D eigenvalue weighted by atomic mass is 19.3. The normalized spacial score (nSPS) is 18.1. The summed E-state index contributed by atoms with van der Waals surface area (Å²) in [6, 6.07) is 0. The molecule has 0 radical (unpaired) electrons. The van der Waals surface area contributed by atoms with Crippen LogP contribution < -0.4 is 5.32 Å². The zero-order chi connectivity index (χ0) is 9.90. The number of rotatable bonds is 4. The van der Waals surface area contributed by atoms with Gasteiger partial charge in [-0.15, -0.1) is 0 Å². The third-order valence-electron chi connectivity index (χ3n) is 2.23. The van der Waals surface area contributed by atoms with E-state index in [4.69, 9.17) is 5.11 Å². The van der Waals surface area contributed by atoms with Crippen molar-refractivity contribution in [3.8, 4) is 0 Å². The van der Waals surface area contributed by atoms with Crippen LogP contribution in [0.3, 0.4) is 0 Å². The second-order valence-electron chi connectivity index (χ2n) is 3.36. The van der Waals surface area contributed by atoms with E-state index in [9.17, 15) is 13.6 Å². The molecule has 0 unspecified atom stereocenters. The predicted molar refractivity (Wildman–Crippen MR) is 42.4 cm³/mol. The van der Waals surface area contributed by atoms with Crippen LogP contribution in [-0.4, -0.2) is 30.1 Å². The Balaban J connectivity index is 2.21. The molecule has 0 spiro atoms. The van der Waals surface area contributed by atoms with E-state index >= 15 is 0 Å². The van der Waals surface area contributed by atoms with Crippen molar-refractivity contribution in [3.05, 3.63) is 0 Å². The van der Waals surface area contributed by atoms with Gasteiger partial charge in [-0.25, -0.2) is 8.78 Å². The molecule has 0 aliphatic heterocycles. The van der Waals surface area contributed by atoms with E-state index in [2.05, 4.69) is 5.32 Å². The molecule has 5 heteroatoms. The first-order valence-corrected chi connectivity index (χ1v) is 4.31. The fourth-order valence-corrected chi connectivity index (χ4v) is 1.09. The molecule has 1 amide bonds. The van der Waals surface area contributed by atoms with Crippen molar-refractivity contribution in [1.29, 1.82) is 0 Å². The van der Waals surface area contributed by atoms with E-state index in [1.54, 1.807) is 0 Å². The fraction of sp³-hybridized carbons (Fsp3) is 0.875. The Kier molecular flexibility index (Phi) is 3.19. The molecule has 1 aliphatic carbocycles. The third-order valence-corrected chi connectivity index (χ3v) is 2.23. The van der Waals surface area contributed by atoms with E-state index in [-0.39, 0.29) is 11.8 Å². The van der Waals surface area contributed by atoms with Gasteiger partial charge in [-0.3, -0.25) is 4.79 Å². The van der Waals surface area contributed by atoms with E-state index in [1.165, 1.54) is 0 Å². The van der Waals surface area contributed by atoms with Crippen LogP contribution in [0.2, 0.25) is 0 Å². The van der Waals surface area contributed by atoms with Crippen molar-refractivity contribution in [2.75, 3.05) is 13.2 Å². The van der Waals surface area contributed by atoms with Gasteiger partial charge in [0.15, 0.2) is 0 Å². The van der Waals surface area contributed by atoms with E-state index in [0.717, 1.165) is 19.3 Å². The Labute approximate surface area is 75.1 Å². The monoisotopic (exact) mass is 193 g/mol. The minimum atomic E-state index is -3.20. The zero-order valence-electron chi connectivity index (χ0n) is 7.22. The average Bonchev–Trinajstić information content (AvgIpc) is 1.98. The lowest BCUT2D eigenvalue weighted by molar-refractivity contribution is -0.130. The average molecular weight is 193 g/mol. The molecule has 0 aromatic carbocycles. The lowest BCUT2D eigenvalue weighted by Gasteiger charge is -2.25. The maximum atomic E-state index is 12.4. The van der Waals surface area contributed by atoms with Gasteiger partial charge >= 0.3 is 0 Å². The molecule has 0 heterocycles. The Morgan fingerprint density at radius 3 is 2.54 bits per heavy atom. The van der Waals surface area contributed by atoms with Crippen LogP contribution in [0.1, 0.15) is 19.3 Å². The molecule has 2 N–H and O–H groups in total. The molecule has 1 aliphatic rings. The molecule has 0 atom stereocenters. The van der Waals surface area contributed by atoms with E-state index in [1.807, 2.05) is 0 Å². The van der Waals surface area contributed by atoms with Gasteiger partial charge in [0, 0.05) is 5.92 Å². The summed E-state index contributed by atoms with van der Waals surface area (Å²) in [6.45, 7) is -1.99. The lowest BCUT2D eigenvalue weighted by Crippen LogP contribution is -2.42. The molecule has 0 bridgehead atoms. The second-order valence-corrected chi connectivity index (χ2v) is 3.36. The van der Waals surface area contributed by atoms with Gasteiger partial charge in [0.25, 0.3) is 5.92 Å².